The number of aryl methyl sites for hydroxylation is 1. The zero-order valence-electron chi connectivity index (χ0n) is 23.5. The molecule has 3 aromatic rings. The molecule has 11 heteroatoms. The summed E-state index contributed by atoms with van der Waals surface area (Å²) >= 11 is 18.6. The molecule has 0 unspecified atom stereocenters. The molecule has 42 heavy (non-hydrogen) atoms. The van der Waals surface area contributed by atoms with Crippen LogP contribution in [0.5, 0.6) is 0 Å². The molecule has 1 atom stereocenters. The van der Waals surface area contributed by atoms with E-state index >= 15 is 0 Å². The van der Waals surface area contributed by atoms with Gasteiger partial charge in [0.2, 0.25) is 11.8 Å². The Kier molecular flexibility index (Phi) is 10.8. The van der Waals surface area contributed by atoms with E-state index < -0.39 is 28.5 Å². The number of benzene rings is 3. The Bertz CT molecular complexity index is 1530. The Morgan fingerprint density at radius 1 is 0.952 bits per heavy atom. The van der Waals surface area contributed by atoms with Crippen LogP contribution >= 0.6 is 34.8 Å². The highest BCUT2D eigenvalue weighted by atomic mass is 35.5. The van der Waals surface area contributed by atoms with E-state index in [4.69, 9.17) is 34.8 Å². The largest absolute Gasteiger partial charge is 0.352 e. The monoisotopic (exact) mass is 649 g/mol. The van der Waals surface area contributed by atoms with E-state index in [-0.39, 0.29) is 23.4 Å². The molecule has 0 heterocycles. The molecule has 7 nitrogen and oxygen atoms in total. The standard InChI is InChI=1S/C31H34Cl3N3O4S/c1-3-28(31(39)35-24-9-7-8-10-24)36(19-22-13-15-26(33)27(34)18-22)30(38)20-37(29-16-14-23(32)17-21(29)2)42(40,41)25-11-5-4-6-12-25/h4-6,11-18,24,28H,3,7-10,19-20H2,1-2H3,(H,35,39)/t28-/m1/s1. The van der Waals surface area contributed by atoms with Gasteiger partial charge in [0.25, 0.3) is 10.0 Å². The van der Waals surface area contributed by atoms with Gasteiger partial charge in [-0.1, -0.05) is 78.8 Å². The molecule has 2 amide bonds. The molecule has 1 aliphatic rings. The number of anilines is 1. The maximum Gasteiger partial charge on any atom is 0.264 e. The number of hydrogen-bond acceptors (Lipinski definition) is 4. The minimum Gasteiger partial charge on any atom is -0.352 e. The number of nitrogens with one attached hydrogen (secondary N) is 1. The molecule has 1 N–H and O–H groups in total. The number of carbonyl (C=O) groups is 2. The predicted molar refractivity (Wildman–Crippen MR) is 169 cm³/mol. The lowest BCUT2D eigenvalue weighted by atomic mass is 10.1. The van der Waals surface area contributed by atoms with Gasteiger partial charge in [0.1, 0.15) is 12.6 Å². The average Bonchev–Trinajstić information content (AvgIpc) is 3.47. The summed E-state index contributed by atoms with van der Waals surface area (Å²) in [7, 11) is -4.17. The molecule has 0 bridgehead atoms. The number of sulfonamides is 1. The molecule has 4 rings (SSSR count). The Morgan fingerprint density at radius 2 is 1.64 bits per heavy atom. The molecule has 3 aromatic carbocycles. The Balaban J connectivity index is 1.74. The number of amides is 2. The van der Waals surface area contributed by atoms with Crippen LogP contribution in [0.3, 0.4) is 0 Å². The van der Waals surface area contributed by atoms with Crippen LogP contribution < -0.4 is 9.62 Å². The summed E-state index contributed by atoms with van der Waals surface area (Å²) < 4.78 is 29.0. The van der Waals surface area contributed by atoms with Crippen molar-refractivity contribution < 1.29 is 18.0 Å². The van der Waals surface area contributed by atoms with Gasteiger partial charge in [-0.25, -0.2) is 8.42 Å². The highest BCUT2D eigenvalue weighted by Crippen LogP contribution is 2.30. The predicted octanol–water partition coefficient (Wildman–Crippen LogP) is 7.02. The molecule has 224 valence electrons. The summed E-state index contributed by atoms with van der Waals surface area (Å²) in [5.74, 6) is -0.804. The first-order chi connectivity index (χ1) is 20.0. The van der Waals surface area contributed by atoms with E-state index in [0.29, 0.717) is 38.3 Å². The van der Waals surface area contributed by atoms with E-state index in [0.717, 1.165) is 30.0 Å². The van der Waals surface area contributed by atoms with Crippen molar-refractivity contribution in [2.75, 3.05) is 10.8 Å². The van der Waals surface area contributed by atoms with Crippen LogP contribution in [0.25, 0.3) is 0 Å². The first kappa shape index (κ1) is 32.1. The van der Waals surface area contributed by atoms with Gasteiger partial charge in [-0.2, -0.15) is 0 Å². The summed E-state index contributed by atoms with van der Waals surface area (Å²) in [5.41, 5.74) is 1.55. The molecule has 0 spiro atoms. The van der Waals surface area contributed by atoms with Crippen LogP contribution in [0.4, 0.5) is 5.69 Å². The van der Waals surface area contributed by atoms with Crippen molar-refractivity contribution in [1.82, 2.24) is 10.2 Å². The molecule has 0 aliphatic heterocycles. The SMILES string of the molecule is CC[C@H](C(=O)NC1CCCC1)N(Cc1ccc(Cl)c(Cl)c1)C(=O)CN(c1ccc(Cl)cc1C)S(=O)(=O)c1ccccc1. The lowest BCUT2D eigenvalue weighted by Gasteiger charge is -2.34. The van der Waals surface area contributed by atoms with E-state index in [2.05, 4.69) is 5.32 Å². The second kappa shape index (κ2) is 14.1. The zero-order valence-corrected chi connectivity index (χ0v) is 26.6. The first-order valence-corrected chi connectivity index (χ1v) is 16.5. The van der Waals surface area contributed by atoms with Gasteiger partial charge in [-0.15, -0.1) is 0 Å². The third kappa shape index (κ3) is 7.59. The fourth-order valence-corrected chi connectivity index (χ4v) is 7.30. The van der Waals surface area contributed by atoms with Gasteiger partial charge in [-0.3, -0.25) is 13.9 Å². The van der Waals surface area contributed by atoms with Crippen LogP contribution in [0.2, 0.25) is 15.1 Å². The summed E-state index contributed by atoms with van der Waals surface area (Å²) in [5, 5.41) is 4.22. The number of carbonyl (C=O) groups excluding carboxylic acids is 2. The molecular weight excluding hydrogens is 617 g/mol. The van der Waals surface area contributed by atoms with Crippen LogP contribution in [-0.4, -0.2) is 43.8 Å². The van der Waals surface area contributed by atoms with Gasteiger partial charge in [0.15, 0.2) is 0 Å². The van der Waals surface area contributed by atoms with E-state index in [1.165, 1.54) is 17.0 Å². The second-order valence-electron chi connectivity index (χ2n) is 10.4. The summed E-state index contributed by atoms with van der Waals surface area (Å²) in [6.45, 7) is 3.06. The van der Waals surface area contributed by atoms with Crippen molar-refractivity contribution in [3.63, 3.8) is 0 Å². The number of halogens is 3. The summed E-state index contributed by atoms with van der Waals surface area (Å²) in [4.78, 5) is 29.3. The molecule has 1 fully saturated rings. The van der Waals surface area contributed by atoms with Gasteiger partial charge in [0, 0.05) is 17.6 Å². The minimum absolute atomic E-state index is 0.0329. The van der Waals surface area contributed by atoms with E-state index in [9.17, 15) is 18.0 Å². The zero-order chi connectivity index (χ0) is 30.4. The van der Waals surface area contributed by atoms with Gasteiger partial charge >= 0.3 is 0 Å². The quantitative estimate of drug-likeness (QED) is 0.242. The topological polar surface area (TPSA) is 86.8 Å². The number of hydrogen-bond donors (Lipinski definition) is 1. The van der Waals surface area contributed by atoms with Crippen molar-refractivity contribution >= 4 is 62.3 Å². The third-order valence-corrected chi connectivity index (χ3v) is 10.2. The fraction of sp³-hybridized carbons (Fsp3) is 0.355. The van der Waals surface area contributed by atoms with Gasteiger partial charge < -0.3 is 10.2 Å². The smallest absolute Gasteiger partial charge is 0.264 e. The Labute approximate surface area is 262 Å². The van der Waals surface area contributed by atoms with Crippen LogP contribution in [0.1, 0.15) is 50.2 Å². The molecule has 1 aliphatic carbocycles. The van der Waals surface area contributed by atoms with Crippen molar-refractivity contribution in [3.8, 4) is 0 Å². The van der Waals surface area contributed by atoms with Gasteiger partial charge in [-0.05, 0) is 79.8 Å². The number of nitrogens with zero attached hydrogens (tertiary/aromatic N) is 2. The van der Waals surface area contributed by atoms with E-state index in [1.807, 2.05) is 6.92 Å². The van der Waals surface area contributed by atoms with Crippen LogP contribution in [0.15, 0.2) is 71.6 Å². The maximum atomic E-state index is 14.2. The number of rotatable bonds is 11. The second-order valence-corrected chi connectivity index (χ2v) is 13.6. The highest BCUT2D eigenvalue weighted by Gasteiger charge is 2.35. The normalized spacial score (nSPS) is 14.4. The lowest BCUT2D eigenvalue weighted by Crippen LogP contribution is -2.53. The third-order valence-electron chi connectivity index (χ3n) is 7.46. The van der Waals surface area contributed by atoms with Crippen molar-refractivity contribution in [2.45, 2.75) is 69.5 Å². The molecule has 0 radical (unpaired) electrons. The first-order valence-electron chi connectivity index (χ1n) is 13.9. The minimum atomic E-state index is -4.17. The molecular formula is C31H34Cl3N3O4S. The highest BCUT2D eigenvalue weighted by molar-refractivity contribution is 7.92. The maximum absolute atomic E-state index is 14.2. The van der Waals surface area contributed by atoms with Crippen LogP contribution in [-0.2, 0) is 26.2 Å². The summed E-state index contributed by atoms with van der Waals surface area (Å²) in [6, 6.07) is 17.0. The molecule has 0 saturated heterocycles. The van der Waals surface area contributed by atoms with E-state index in [1.54, 1.807) is 61.5 Å². The van der Waals surface area contributed by atoms with Crippen molar-refractivity contribution in [2.24, 2.45) is 0 Å². The summed E-state index contributed by atoms with van der Waals surface area (Å²) in [6.07, 6.45) is 4.20. The molecule has 1 saturated carbocycles. The van der Waals surface area contributed by atoms with Gasteiger partial charge in [0.05, 0.1) is 20.6 Å². The van der Waals surface area contributed by atoms with Crippen LogP contribution in [0, 0.1) is 6.92 Å². The molecule has 0 aromatic heterocycles. The Hall–Kier alpha value is -2.78. The van der Waals surface area contributed by atoms with Crippen molar-refractivity contribution in [3.05, 3.63) is 92.9 Å². The fourth-order valence-electron chi connectivity index (χ4n) is 5.25. The Morgan fingerprint density at radius 3 is 2.26 bits per heavy atom. The lowest BCUT2D eigenvalue weighted by molar-refractivity contribution is -0.140. The average molecular weight is 651 g/mol. The van der Waals surface area contributed by atoms with Crippen molar-refractivity contribution in [1.29, 1.82) is 0 Å².